The lowest BCUT2D eigenvalue weighted by Crippen LogP contribution is -2.14. The van der Waals surface area contributed by atoms with Crippen molar-refractivity contribution in [3.05, 3.63) is 70.5 Å². The number of halogens is 1. The fraction of sp³-hybridized carbons (Fsp3) is 0.105. The molecule has 0 aliphatic carbocycles. The highest BCUT2D eigenvalue weighted by Crippen LogP contribution is 2.25. The van der Waals surface area contributed by atoms with E-state index in [0.717, 1.165) is 20.8 Å². The second-order valence-electron chi connectivity index (χ2n) is 5.53. The van der Waals surface area contributed by atoms with Gasteiger partial charge < -0.3 is 5.32 Å². The van der Waals surface area contributed by atoms with Crippen LogP contribution in [0.2, 0.25) is 0 Å². The van der Waals surface area contributed by atoms with Crippen LogP contribution < -0.4 is 5.32 Å². The number of carbonyl (C=O) groups excluding carboxylic acids is 2. The van der Waals surface area contributed by atoms with Gasteiger partial charge in [0, 0.05) is 22.5 Å². The van der Waals surface area contributed by atoms with Gasteiger partial charge in [-0.25, -0.2) is 0 Å². The predicted molar refractivity (Wildman–Crippen MR) is 98.2 cm³/mol. The highest BCUT2D eigenvalue weighted by atomic mass is 79.9. The Morgan fingerprint density at radius 2 is 1.92 bits per heavy atom. The van der Waals surface area contributed by atoms with E-state index in [1.54, 1.807) is 19.2 Å². The van der Waals surface area contributed by atoms with Gasteiger partial charge in [0.05, 0.1) is 5.69 Å². The number of pyridine rings is 1. The molecule has 3 rings (SSSR count). The summed E-state index contributed by atoms with van der Waals surface area (Å²) in [6.45, 7) is 1.55. The first kappa shape index (κ1) is 16.3. The first-order valence-corrected chi connectivity index (χ1v) is 8.27. The highest BCUT2D eigenvalue weighted by Gasteiger charge is 2.13. The van der Waals surface area contributed by atoms with Crippen LogP contribution in [0.4, 0.5) is 5.69 Å². The molecule has 0 fully saturated rings. The first-order valence-electron chi connectivity index (χ1n) is 7.47. The van der Waals surface area contributed by atoms with Crippen LogP contribution in [0.1, 0.15) is 23.0 Å². The molecule has 0 spiro atoms. The van der Waals surface area contributed by atoms with Crippen LogP contribution in [-0.4, -0.2) is 16.7 Å². The van der Waals surface area contributed by atoms with E-state index < -0.39 is 0 Å². The van der Waals surface area contributed by atoms with Crippen molar-refractivity contribution in [1.29, 1.82) is 0 Å². The van der Waals surface area contributed by atoms with Crippen LogP contribution in [0.5, 0.6) is 0 Å². The molecule has 0 unspecified atom stereocenters. The molecular weight excluding hydrogens is 368 g/mol. The summed E-state index contributed by atoms with van der Waals surface area (Å²) in [6, 6.07) is 15.0. The normalized spacial score (nSPS) is 10.6. The van der Waals surface area contributed by atoms with Crippen LogP contribution in [0.3, 0.4) is 0 Å². The summed E-state index contributed by atoms with van der Waals surface area (Å²) in [4.78, 5) is 28.0. The second-order valence-corrected chi connectivity index (χ2v) is 6.38. The summed E-state index contributed by atoms with van der Waals surface area (Å²) < 4.78 is 0.731. The molecule has 24 heavy (non-hydrogen) atoms. The molecule has 1 N–H and O–H groups in total. The summed E-state index contributed by atoms with van der Waals surface area (Å²) in [5, 5.41) is 4.64. The summed E-state index contributed by atoms with van der Waals surface area (Å²) in [5.41, 5.74) is 1.92. The van der Waals surface area contributed by atoms with Gasteiger partial charge in [0.2, 0.25) is 0 Å². The number of rotatable bonds is 4. The minimum Gasteiger partial charge on any atom is -0.320 e. The van der Waals surface area contributed by atoms with E-state index in [9.17, 15) is 9.59 Å². The van der Waals surface area contributed by atoms with Crippen molar-refractivity contribution in [2.45, 2.75) is 13.3 Å². The monoisotopic (exact) mass is 382 g/mol. The quantitative estimate of drug-likeness (QED) is 0.728. The van der Waals surface area contributed by atoms with Crippen molar-refractivity contribution in [2.75, 3.05) is 5.32 Å². The van der Waals surface area contributed by atoms with Crippen molar-refractivity contribution >= 4 is 44.1 Å². The summed E-state index contributed by atoms with van der Waals surface area (Å²) in [6.07, 6.45) is 2.00. The minimum absolute atomic E-state index is 0.0960. The zero-order chi connectivity index (χ0) is 17.1. The molecule has 1 amide bonds. The number of fused-ring (bicyclic) bond motifs is 1. The Hall–Kier alpha value is -2.53. The number of nitrogens with one attached hydrogen (secondary N) is 1. The lowest BCUT2D eigenvalue weighted by atomic mass is 10.1. The van der Waals surface area contributed by atoms with E-state index in [4.69, 9.17) is 0 Å². The van der Waals surface area contributed by atoms with Crippen molar-refractivity contribution in [1.82, 2.24) is 4.98 Å². The van der Waals surface area contributed by atoms with E-state index in [0.29, 0.717) is 17.8 Å². The Kier molecular flexibility index (Phi) is 4.71. The van der Waals surface area contributed by atoms with E-state index in [-0.39, 0.29) is 11.7 Å². The predicted octanol–water partition coefficient (Wildman–Crippen LogP) is 4.38. The number of hydrogen-bond acceptors (Lipinski definition) is 3. The third-order valence-corrected chi connectivity index (χ3v) is 4.28. The van der Waals surface area contributed by atoms with E-state index in [1.165, 1.54) is 0 Å². The number of hydrogen-bond donors (Lipinski definition) is 1. The molecule has 0 atom stereocenters. The largest absolute Gasteiger partial charge is 0.320 e. The summed E-state index contributed by atoms with van der Waals surface area (Å²) >= 11 is 3.44. The molecule has 5 heteroatoms. The number of aromatic nitrogens is 1. The fourth-order valence-electron chi connectivity index (χ4n) is 2.54. The highest BCUT2D eigenvalue weighted by molar-refractivity contribution is 9.10. The van der Waals surface area contributed by atoms with Crippen LogP contribution in [0, 0.1) is 0 Å². The lowest BCUT2D eigenvalue weighted by Gasteiger charge is -2.10. The van der Waals surface area contributed by atoms with Crippen molar-refractivity contribution < 1.29 is 9.59 Å². The number of benzene rings is 2. The van der Waals surface area contributed by atoms with Gasteiger partial charge in [0.25, 0.3) is 5.91 Å². The molecule has 1 aromatic heterocycles. The molecule has 0 bridgehead atoms. The van der Waals surface area contributed by atoms with E-state index in [1.807, 2.05) is 42.5 Å². The third-order valence-electron chi connectivity index (χ3n) is 3.62. The van der Waals surface area contributed by atoms with Gasteiger partial charge >= 0.3 is 0 Å². The lowest BCUT2D eigenvalue weighted by molar-refractivity contribution is -0.116. The summed E-state index contributed by atoms with van der Waals surface area (Å²) in [7, 11) is 0. The van der Waals surface area contributed by atoms with Gasteiger partial charge in [0.1, 0.15) is 11.5 Å². The SMILES string of the molecule is CC(=O)Cc1ccc(NC(=O)c2nccc3ccccc23)c(Br)c1. The Balaban J connectivity index is 1.88. The van der Waals surface area contributed by atoms with Crippen molar-refractivity contribution in [2.24, 2.45) is 0 Å². The van der Waals surface area contributed by atoms with Gasteiger partial charge in [0.15, 0.2) is 0 Å². The van der Waals surface area contributed by atoms with E-state index >= 15 is 0 Å². The van der Waals surface area contributed by atoms with E-state index in [2.05, 4.69) is 26.2 Å². The molecule has 3 aromatic rings. The fourth-order valence-corrected chi connectivity index (χ4v) is 3.06. The Morgan fingerprint density at radius 3 is 2.67 bits per heavy atom. The van der Waals surface area contributed by atoms with Gasteiger partial charge in [-0.15, -0.1) is 0 Å². The average Bonchev–Trinajstić information content (AvgIpc) is 2.56. The second kappa shape index (κ2) is 6.93. The number of nitrogens with zero attached hydrogens (tertiary/aromatic N) is 1. The number of amides is 1. The van der Waals surface area contributed by atoms with Gasteiger partial charge in [-0.3, -0.25) is 14.6 Å². The van der Waals surface area contributed by atoms with Gasteiger partial charge in [-0.2, -0.15) is 0 Å². The third kappa shape index (κ3) is 3.51. The minimum atomic E-state index is -0.271. The molecule has 1 heterocycles. The van der Waals surface area contributed by atoms with Crippen LogP contribution >= 0.6 is 15.9 Å². The molecular formula is C19H15BrN2O2. The number of ketones is 1. The molecule has 0 saturated carbocycles. The Labute approximate surface area is 148 Å². The number of carbonyl (C=O) groups is 2. The maximum atomic E-state index is 12.6. The maximum Gasteiger partial charge on any atom is 0.274 e. The Bertz CT molecular complexity index is 932. The maximum absolute atomic E-state index is 12.6. The van der Waals surface area contributed by atoms with Crippen LogP contribution in [0.15, 0.2) is 59.2 Å². The van der Waals surface area contributed by atoms with Gasteiger partial charge in [-0.1, -0.05) is 30.3 Å². The van der Waals surface area contributed by atoms with Gasteiger partial charge in [-0.05, 0) is 52.0 Å². The number of anilines is 1. The first-order chi connectivity index (χ1) is 11.5. The smallest absolute Gasteiger partial charge is 0.274 e. The molecule has 0 aliphatic heterocycles. The average molecular weight is 383 g/mol. The zero-order valence-electron chi connectivity index (χ0n) is 13.0. The topological polar surface area (TPSA) is 59.1 Å². The van der Waals surface area contributed by atoms with Crippen molar-refractivity contribution in [3.63, 3.8) is 0 Å². The molecule has 0 radical (unpaired) electrons. The molecule has 2 aromatic carbocycles. The zero-order valence-corrected chi connectivity index (χ0v) is 14.6. The molecule has 120 valence electrons. The number of Topliss-reactive ketones (excluding diaryl/α,β-unsaturated/α-hetero) is 1. The van der Waals surface area contributed by atoms with Crippen molar-refractivity contribution in [3.8, 4) is 0 Å². The van der Waals surface area contributed by atoms with Crippen LogP contribution in [0.25, 0.3) is 10.8 Å². The summed E-state index contributed by atoms with van der Waals surface area (Å²) in [5.74, 6) is -0.176. The van der Waals surface area contributed by atoms with Crippen LogP contribution in [-0.2, 0) is 11.2 Å². The standard InChI is InChI=1S/C19H15BrN2O2/c1-12(23)10-13-6-7-17(16(20)11-13)22-19(24)18-15-5-3-2-4-14(15)8-9-21-18/h2-9,11H,10H2,1H3,(H,22,24). The molecule has 0 saturated heterocycles. The Morgan fingerprint density at radius 1 is 1.12 bits per heavy atom. The molecule has 4 nitrogen and oxygen atoms in total. The molecule has 0 aliphatic rings.